The van der Waals surface area contributed by atoms with Gasteiger partial charge in [0.2, 0.25) is 11.8 Å². The summed E-state index contributed by atoms with van der Waals surface area (Å²) in [4.78, 5) is 28.6. The van der Waals surface area contributed by atoms with E-state index in [0.29, 0.717) is 5.69 Å². The Kier molecular flexibility index (Phi) is 5.42. The van der Waals surface area contributed by atoms with Crippen LogP contribution in [0.4, 0.5) is 5.69 Å². The third-order valence-corrected chi connectivity index (χ3v) is 4.43. The molecule has 1 aromatic rings. The summed E-state index contributed by atoms with van der Waals surface area (Å²) in [5.41, 5.74) is 6.39. The Morgan fingerprint density at radius 2 is 1.96 bits per heavy atom. The van der Waals surface area contributed by atoms with E-state index in [0.717, 1.165) is 25.9 Å². The predicted octanol–water partition coefficient (Wildman–Crippen LogP) is 2.02. The Bertz CT molecular complexity index is 557. The quantitative estimate of drug-likeness (QED) is 0.924. The number of piperidine rings is 1. The number of benzene rings is 1. The smallest absolute Gasteiger partial charge is 0.245 e. The van der Waals surface area contributed by atoms with Crippen LogP contribution in [0.3, 0.4) is 0 Å². The summed E-state index contributed by atoms with van der Waals surface area (Å²) in [7, 11) is 0. The first-order valence-corrected chi connectivity index (χ1v) is 8.22. The number of rotatable bonds is 4. The van der Waals surface area contributed by atoms with E-state index >= 15 is 0 Å². The molecule has 2 amide bonds. The van der Waals surface area contributed by atoms with Gasteiger partial charge in [-0.2, -0.15) is 0 Å². The molecule has 1 aliphatic rings. The van der Waals surface area contributed by atoms with Gasteiger partial charge in [0.1, 0.15) is 6.04 Å². The number of hydrogen-bond donors (Lipinski definition) is 1. The average molecular weight is 317 g/mol. The molecule has 1 fully saturated rings. The van der Waals surface area contributed by atoms with Crippen LogP contribution in [0.5, 0.6) is 0 Å². The summed E-state index contributed by atoms with van der Waals surface area (Å²) in [5.74, 6) is -0.253. The molecule has 1 aliphatic heterocycles. The predicted molar refractivity (Wildman–Crippen MR) is 92.0 cm³/mol. The summed E-state index contributed by atoms with van der Waals surface area (Å²) >= 11 is 0. The molecule has 0 aromatic heterocycles. The molecular formula is C18H27N3O2. The van der Waals surface area contributed by atoms with Gasteiger partial charge in [-0.25, -0.2) is 0 Å². The van der Waals surface area contributed by atoms with Crippen molar-refractivity contribution in [2.75, 3.05) is 24.5 Å². The van der Waals surface area contributed by atoms with Gasteiger partial charge in [0.15, 0.2) is 0 Å². The highest BCUT2D eigenvalue weighted by Crippen LogP contribution is 2.29. The van der Waals surface area contributed by atoms with Crippen LogP contribution in [0, 0.1) is 5.41 Å². The van der Waals surface area contributed by atoms with Gasteiger partial charge in [0.05, 0.1) is 6.54 Å². The minimum absolute atomic E-state index is 0.0107. The molecule has 1 unspecified atom stereocenters. The molecule has 2 N–H and O–H groups in total. The number of para-hydroxylation sites is 1. The molecule has 0 radical (unpaired) electrons. The van der Waals surface area contributed by atoms with E-state index in [9.17, 15) is 9.59 Å². The topological polar surface area (TPSA) is 66.6 Å². The lowest BCUT2D eigenvalue weighted by Gasteiger charge is -2.40. The number of nitrogens with two attached hydrogens (primary N) is 1. The fourth-order valence-electron chi connectivity index (χ4n) is 3.26. The van der Waals surface area contributed by atoms with Gasteiger partial charge in [-0.15, -0.1) is 0 Å². The molecule has 2 rings (SSSR count). The van der Waals surface area contributed by atoms with Gasteiger partial charge in [-0.05, 0) is 37.3 Å². The van der Waals surface area contributed by atoms with Crippen molar-refractivity contribution in [2.24, 2.45) is 11.1 Å². The average Bonchev–Trinajstić information content (AvgIpc) is 2.54. The lowest BCUT2D eigenvalue weighted by atomic mass is 9.84. The summed E-state index contributed by atoms with van der Waals surface area (Å²) < 4.78 is 0. The first kappa shape index (κ1) is 17.5. The Morgan fingerprint density at radius 1 is 1.30 bits per heavy atom. The second-order valence-corrected chi connectivity index (χ2v) is 7.01. The number of anilines is 1. The molecule has 1 saturated heterocycles. The zero-order chi connectivity index (χ0) is 17.0. The van der Waals surface area contributed by atoms with Crippen LogP contribution < -0.4 is 10.6 Å². The normalized spacial score (nSPS) is 18.3. The van der Waals surface area contributed by atoms with Crippen LogP contribution >= 0.6 is 0 Å². The van der Waals surface area contributed by atoms with Crippen molar-refractivity contribution >= 4 is 17.5 Å². The van der Waals surface area contributed by atoms with Crippen LogP contribution in [-0.4, -0.2) is 42.4 Å². The molecule has 0 bridgehead atoms. The largest absolute Gasteiger partial charge is 0.340 e. The fourth-order valence-corrected chi connectivity index (χ4v) is 3.26. The summed E-state index contributed by atoms with van der Waals surface area (Å²) in [5, 5.41) is 0. The van der Waals surface area contributed by atoms with Crippen LogP contribution in [0.2, 0.25) is 0 Å². The molecule has 5 nitrogen and oxygen atoms in total. The van der Waals surface area contributed by atoms with E-state index in [4.69, 9.17) is 5.73 Å². The lowest BCUT2D eigenvalue weighted by Crippen LogP contribution is -2.54. The first-order valence-electron chi connectivity index (χ1n) is 8.22. The molecule has 1 heterocycles. The van der Waals surface area contributed by atoms with E-state index in [-0.39, 0.29) is 23.8 Å². The Morgan fingerprint density at radius 3 is 2.52 bits per heavy atom. The highest BCUT2D eigenvalue weighted by atomic mass is 16.2. The standard InChI is InChI=1S/C18H27N3O2/c1-14(17(23)20-11-7-10-18(2,3)13-20)21(16(22)12-19)15-8-5-4-6-9-15/h4-6,8-9,14H,7,10-13,19H2,1-3H3. The number of carbonyl (C=O) groups is 2. The van der Waals surface area contributed by atoms with Crippen molar-refractivity contribution in [3.05, 3.63) is 30.3 Å². The Balaban J connectivity index is 2.21. The van der Waals surface area contributed by atoms with E-state index < -0.39 is 6.04 Å². The molecule has 23 heavy (non-hydrogen) atoms. The second-order valence-electron chi connectivity index (χ2n) is 7.01. The summed E-state index contributed by atoms with van der Waals surface area (Å²) in [6.45, 7) is 7.51. The Hall–Kier alpha value is -1.88. The number of likely N-dealkylation sites (tertiary alicyclic amines) is 1. The highest BCUT2D eigenvalue weighted by Gasteiger charge is 2.34. The molecule has 1 aromatic carbocycles. The maximum Gasteiger partial charge on any atom is 0.245 e. The van der Waals surface area contributed by atoms with Crippen molar-refractivity contribution in [1.29, 1.82) is 0 Å². The maximum atomic E-state index is 12.9. The van der Waals surface area contributed by atoms with Crippen molar-refractivity contribution < 1.29 is 9.59 Å². The van der Waals surface area contributed by atoms with Gasteiger partial charge in [-0.1, -0.05) is 32.0 Å². The van der Waals surface area contributed by atoms with Crippen molar-refractivity contribution in [1.82, 2.24) is 4.90 Å². The van der Waals surface area contributed by atoms with Crippen LogP contribution in [0.1, 0.15) is 33.6 Å². The lowest BCUT2D eigenvalue weighted by molar-refractivity contribution is -0.136. The number of hydrogen-bond acceptors (Lipinski definition) is 3. The SMILES string of the molecule is CC(C(=O)N1CCCC(C)(C)C1)N(C(=O)CN)c1ccccc1. The number of carbonyl (C=O) groups excluding carboxylic acids is 2. The van der Waals surface area contributed by atoms with E-state index in [1.165, 1.54) is 4.90 Å². The van der Waals surface area contributed by atoms with E-state index in [1.54, 1.807) is 6.92 Å². The van der Waals surface area contributed by atoms with Gasteiger partial charge >= 0.3 is 0 Å². The van der Waals surface area contributed by atoms with Crippen LogP contribution in [0.15, 0.2) is 30.3 Å². The Labute approximate surface area is 138 Å². The molecule has 0 aliphatic carbocycles. The monoisotopic (exact) mass is 317 g/mol. The minimum Gasteiger partial charge on any atom is -0.340 e. The van der Waals surface area contributed by atoms with E-state index in [1.807, 2.05) is 35.2 Å². The van der Waals surface area contributed by atoms with Crippen LogP contribution in [-0.2, 0) is 9.59 Å². The molecule has 0 spiro atoms. The van der Waals surface area contributed by atoms with Crippen molar-refractivity contribution in [3.8, 4) is 0 Å². The highest BCUT2D eigenvalue weighted by molar-refractivity contribution is 6.01. The van der Waals surface area contributed by atoms with Gasteiger partial charge in [-0.3, -0.25) is 14.5 Å². The summed E-state index contributed by atoms with van der Waals surface area (Å²) in [6, 6.07) is 8.70. The zero-order valence-corrected chi connectivity index (χ0v) is 14.3. The van der Waals surface area contributed by atoms with Crippen LogP contribution in [0.25, 0.3) is 0 Å². The molecular weight excluding hydrogens is 290 g/mol. The number of amides is 2. The minimum atomic E-state index is -0.553. The maximum absolute atomic E-state index is 12.9. The van der Waals surface area contributed by atoms with Gasteiger partial charge in [0, 0.05) is 18.8 Å². The van der Waals surface area contributed by atoms with Crippen molar-refractivity contribution in [2.45, 2.75) is 39.7 Å². The molecule has 0 saturated carbocycles. The summed E-state index contributed by atoms with van der Waals surface area (Å²) in [6.07, 6.45) is 2.12. The molecule has 126 valence electrons. The third-order valence-electron chi connectivity index (χ3n) is 4.43. The van der Waals surface area contributed by atoms with Crippen molar-refractivity contribution in [3.63, 3.8) is 0 Å². The first-order chi connectivity index (χ1) is 10.9. The van der Waals surface area contributed by atoms with Gasteiger partial charge < -0.3 is 10.6 Å². The van der Waals surface area contributed by atoms with Gasteiger partial charge in [0.25, 0.3) is 0 Å². The van der Waals surface area contributed by atoms with E-state index in [2.05, 4.69) is 13.8 Å². The molecule has 5 heteroatoms. The second kappa shape index (κ2) is 7.13. The molecule has 1 atom stereocenters. The third kappa shape index (κ3) is 4.10. The fraction of sp³-hybridized carbons (Fsp3) is 0.556. The zero-order valence-electron chi connectivity index (χ0n) is 14.3. The number of nitrogens with zero attached hydrogens (tertiary/aromatic N) is 2.